The number of rotatable bonds is 5. The van der Waals surface area contributed by atoms with E-state index in [0.29, 0.717) is 11.3 Å². The molecule has 2 aromatic carbocycles. The predicted molar refractivity (Wildman–Crippen MR) is 115 cm³/mol. The smallest absolute Gasteiger partial charge is 0.264 e. The summed E-state index contributed by atoms with van der Waals surface area (Å²) in [5.41, 5.74) is 1.26. The summed E-state index contributed by atoms with van der Waals surface area (Å²) in [7, 11) is 3.20. The number of amides is 1. The molecule has 0 unspecified atom stereocenters. The molecule has 0 fully saturated rings. The van der Waals surface area contributed by atoms with Gasteiger partial charge in [-0.1, -0.05) is 18.2 Å². The average Bonchev–Trinajstić information content (AvgIpc) is 2.59. The van der Waals surface area contributed by atoms with E-state index >= 15 is 0 Å². The van der Waals surface area contributed by atoms with Gasteiger partial charge in [-0.3, -0.25) is 4.79 Å². The highest BCUT2D eigenvalue weighted by Crippen LogP contribution is 2.30. The Bertz CT molecular complexity index is 882. The summed E-state index contributed by atoms with van der Waals surface area (Å²) in [5, 5.41) is 9.21. The number of likely N-dealkylation sites (N-methyl/N-ethyl adjacent to an activating group) is 1. The van der Waals surface area contributed by atoms with Gasteiger partial charge in [0.15, 0.2) is 0 Å². The number of nitriles is 1. The Hall–Kier alpha value is -1.67. The van der Waals surface area contributed by atoms with Crippen LogP contribution in [0.2, 0.25) is 0 Å². The Labute approximate surface area is 178 Å². The SMILES string of the molecule is CN(C)C(=O)/C(C#N)=C\c1cc(I)c(OCc2ccccc2F)c(I)c1. The zero-order valence-corrected chi connectivity index (χ0v) is 18.4. The Morgan fingerprint density at radius 3 is 2.42 bits per heavy atom. The maximum absolute atomic E-state index is 13.7. The van der Waals surface area contributed by atoms with Crippen LogP contribution in [0.3, 0.4) is 0 Å². The van der Waals surface area contributed by atoms with Crippen molar-refractivity contribution in [3.63, 3.8) is 0 Å². The van der Waals surface area contributed by atoms with E-state index in [-0.39, 0.29) is 23.9 Å². The minimum Gasteiger partial charge on any atom is -0.487 e. The summed E-state index contributed by atoms with van der Waals surface area (Å²) in [5.74, 6) is -0.0145. The van der Waals surface area contributed by atoms with Gasteiger partial charge in [0.25, 0.3) is 5.91 Å². The number of carbonyl (C=O) groups excluding carboxylic acids is 1. The average molecular weight is 576 g/mol. The van der Waals surface area contributed by atoms with Gasteiger partial charge in [0.2, 0.25) is 0 Å². The second-order valence-electron chi connectivity index (χ2n) is 5.56. The third-order valence-electron chi connectivity index (χ3n) is 3.42. The lowest BCUT2D eigenvalue weighted by molar-refractivity contribution is -0.124. The Morgan fingerprint density at radius 1 is 1.27 bits per heavy atom. The summed E-state index contributed by atoms with van der Waals surface area (Å²) in [6, 6.07) is 12.0. The molecule has 2 rings (SSSR count). The Kier molecular flexibility index (Phi) is 7.40. The van der Waals surface area contributed by atoms with E-state index < -0.39 is 0 Å². The second-order valence-corrected chi connectivity index (χ2v) is 7.89. The third kappa shape index (κ3) is 5.17. The van der Waals surface area contributed by atoms with E-state index in [1.807, 2.05) is 18.2 Å². The lowest BCUT2D eigenvalue weighted by Crippen LogP contribution is -2.22. The maximum Gasteiger partial charge on any atom is 0.264 e. The molecule has 0 atom stereocenters. The molecule has 0 aliphatic heterocycles. The first-order chi connectivity index (χ1) is 12.3. The lowest BCUT2D eigenvalue weighted by atomic mass is 10.1. The topological polar surface area (TPSA) is 53.3 Å². The van der Waals surface area contributed by atoms with Crippen LogP contribution in [0.15, 0.2) is 42.0 Å². The van der Waals surface area contributed by atoms with Crippen LogP contribution in [0.1, 0.15) is 11.1 Å². The van der Waals surface area contributed by atoms with Gasteiger partial charge in [-0.05, 0) is 75.0 Å². The summed E-state index contributed by atoms with van der Waals surface area (Å²) in [6.45, 7) is 0.121. The van der Waals surface area contributed by atoms with Crippen molar-refractivity contribution in [2.45, 2.75) is 6.61 Å². The molecule has 0 aliphatic carbocycles. The fourth-order valence-corrected chi connectivity index (χ4v) is 4.24. The molecule has 26 heavy (non-hydrogen) atoms. The monoisotopic (exact) mass is 576 g/mol. The minimum absolute atomic E-state index is 0.0571. The molecule has 0 saturated heterocycles. The minimum atomic E-state index is -0.350. The van der Waals surface area contributed by atoms with Crippen LogP contribution in [-0.2, 0) is 11.4 Å². The first kappa shape index (κ1) is 20.6. The molecule has 134 valence electrons. The van der Waals surface area contributed by atoms with Gasteiger partial charge in [-0.25, -0.2) is 4.39 Å². The largest absolute Gasteiger partial charge is 0.487 e. The first-order valence-corrected chi connectivity index (χ1v) is 9.68. The van der Waals surface area contributed by atoms with Gasteiger partial charge in [-0.2, -0.15) is 5.26 Å². The summed E-state index contributed by atoms with van der Waals surface area (Å²) in [6.07, 6.45) is 1.55. The van der Waals surface area contributed by atoms with Gasteiger partial charge < -0.3 is 9.64 Å². The Balaban J connectivity index is 2.27. The Morgan fingerprint density at radius 2 is 1.88 bits per heavy atom. The van der Waals surface area contributed by atoms with Crippen LogP contribution in [0.5, 0.6) is 5.75 Å². The molecule has 0 aliphatic rings. The molecule has 7 heteroatoms. The van der Waals surface area contributed by atoms with E-state index in [0.717, 1.165) is 12.7 Å². The van der Waals surface area contributed by atoms with Gasteiger partial charge in [-0.15, -0.1) is 0 Å². The van der Waals surface area contributed by atoms with Crippen molar-refractivity contribution in [1.29, 1.82) is 5.26 Å². The third-order valence-corrected chi connectivity index (χ3v) is 5.02. The van der Waals surface area contributed by atoms with Crippen molar-refractivity contribution >= 4 is 57.2 Å². The molecule has 1 amide bonds. The normalized spacial score (nSPS) is 11.0. The summed E-state index contributed by atoms with van der Waals surface area (Å²) < 4.78 is 21.1. The number of hydrogen-bond donors (Lipinski definition) is 0. The zero-order valence-electron chi connectivity index (χ0n) is 14.1. The summed E-state index contributed by atoms with van der Waals surface area (Å²) in [4.78, 5) is 13.3. The molecule has 4 nitrogen and oxygen atoms in total. The van der Waals surface area contributed by atoms with E-state index in [4.69, 9.17) is 4.74 Å². The molecule has 0 heterocycles. The highest BCUT2D eigenvalue weighted by atomic mass is 127. The van der Waals surface area contributed by atoms with Crippen molar-refractivity contribution in [2.24, 2.45) is 0 Å². The molecule has 0 N–H and O–H groups in total. The molecule has 0 bridgehead atoms. The van der Waals surface area contributed by atoms with Crippen molar-refractivity contribution in [2.75, 3.05) is 14.1 Å². The number of benzene rings is 2. The molecule has 2 aromatic rings. The fraction of sp³-hybridized carbons (Fsp3) is 0.158. The van der Waals surface area contributed by atoms with Crippen molar-refractivity contribution in [3.8, 4) is 11.8 Å². The maximum atomic E-state index is 13.7. The van der Waals surface area contributed by atoms with Crippen LogP contribution in [0.25, 0.3) is 6.08 Å². The van der Waals surface area contributed by atoms with Crippen LogP contribution >= 0.6 is 45.2 Å². The first-order valence-electron chi connectivity index (χ1n) is 7.52. The molecular formula is C19H15FI2N2O2. The van der Waals surface area contributed by atoms with Crippen molar-refractivity contribution < 1.29 is 13.9 Å². The van der Waals surface area contributed by atoms with Gasteiger partial charge in [0.05, 0.1) is 7.14 Å². The quantitative estimate of drug-likeness (QED) is 0.297. The molecule has 0 aromatic heterocycles. The van der Waals surface area contributed by atoms with E-state index in [1.165, 1.54) is 11.0 Å². The summed E-state index contributed by atoms with van der Waals surface area (Å²) >= 11 is 4.24. The second kappa shape index (κ2) is 9.32. The van der Waals surface area contributed by atoms with Crippen LogP contribution in [0.4, 0.5) is 4.39 Å². The van der Waals surface area contributed by atoms with Crippen LogP contribution in [0, 0.1) is 24.3 Å². The van der Waals surface area contributed by atoms with Crippen LogP contribution in [-0.4, -0.2) is 24.9 Å². The number of carbonyl (C=O) groups is 1. The lowest BCUT2D eigenvalue weighted by Gasteiger charge is -2.13. The number of hydrogen-bond acceptors (Lipinski definition) is 3. The highest BCUT2D eigenvalue weighted by molar-refractivity contribution is 14.1. The molecular weight excluding hydrogens is 561 g/mol. The highest BCUT2D eigenvalue weighted by Gasteiger charge is 2.14. The zero-order chi connectivity index (χ0) is 19.3. The number of halogens is 3. The van der Waals surface area contributed by atoms with Gasteiger partial charge in [0.1, 0.15) is 29.8 Å². The fourth-order valence-electron chi connectivity index (χ4n) is 2.12. The number of ether oxygens (including phenoxy) is 1. The molecule has 0 saturated carbocycles. The van der Waals surface area contributed by atoms with Gasteiger partial charge >= 0.3 is 0 Å². The molecule has 0 spiro atoms. The van der Waals surface area contributed by atoms with E-state index in [2.05, 4.69) is 45.2 Å². The van der Waals surface area contributed by atoms with Crippen molar-refractivity contribution in [3.05, 3.63) is 66.1 Å². The number of nitrogens with zero attached hydrogens (tertiary/aromatic N) is 2. The van der Waals surface area contributed by atoms with E-state index in [9.17, 15) is 14.4 Å². The standard InChI is InChI=1S/C19H15FI2N2O2/c1-24(2)19(25)14(10-23)7-12-8-16(21)18(17(22)9-12)26-11-13-5-3-4-6-15(13)20/h3-9H,11H2,1-2H3/b14-7-. The van der Waals surface area contributed by atoms with Gasteiger partial charge in [0, 0.05) is 19.7 Å². The van der Waals surface area contributed by atoms with Crippen LogP contribution < -0.4 is 4.74 Å². The van der Waals surface area contributed by atoms with Crippen molar-refractivity contribution in [1.82, 2.24) is 4.90 Å². The predicted octanol–water partition coefficient (Wildman–Crippen LogP) is 4.61. The molecule has 0 radical (unpaired) electrons. The van der Waals surface area contributed by atoms with E-state index in [1.54, 1.807) is 38.4 Å².